The van der Waals surface area contributed by atoms with E-state index >= 15 is 0 Å². The molecule has 0 unspecified atom stereocenters. The molecule has 1 aliphatic heterocycles. The van der Waals surface area contributed by atoms with Crippen molar-refractivity contribution in [1.29, 1.82) is 0 Å². The van der Waals surface area contributed by atoms with E-state index in [0.29, 0.717) is 6.61 Å². The first-order valence-corrected chi connectivity index (χ1v) is 8.05. The summed E-state index contributed by atoms with van der Waals surface area (Å²) in [6.07, 6.45) is -1.16. The Bertz CT molecular complexity index is 748. The molecule has 2 N–H and O–H groups in total. The molecule has 0 spiro atoms. The standard InChI is InChI=1S/C16H18F3N3O4/c1-2-25-13-7-26-12(6-23)16(24)15(13)22-5-11(20-21-22)8-3-9(17)14(19)10(18)4-8/h3-5,12-13,15-16,23-24H,2,6-7H2,1H3/t12-,13+,15-,16+/m1/s1. The van der Waals surface area contributed by atoms with Crippen LogP contribution in [0.25, 0.3) is 11.3 Å². The number of ether oxygens (including phenoxy) is 2. The van der Waals surface area contributed by atoms with Gasteiger partial charge in [-0.3, -0.25) is 0 Å². The lowest BCUT2D eigenvalue weighted by molar-refractivity contribution is -0.180. The van der Waals surface area contributed by atoms with Crippen molar-refractivity contribution in [2.45, 2.75) is 31.3 Å². The number of benzene rings is 1. The lowest BCUT2D eigenvalue weighted by atomic mass is 9.97. The van der Waals surface area contributed by atoms with Crippen LogP contribution in [0.15, 0.2) is 18.3 Å². The average molecular weight is 373 g/mol. The van der Waals surface area contributed by atoms with Gasteiger partial charge >= 0.3 is 0 Å². The van der Waals surface area contributed by atoms with Gasteiger partial charge in [-0.2, -0.15) is 0 Å². The van der Waals surface area contributed by atoms with E-state index in [2.05, 4.69) is 10.3 Å². The monoisotopic (exact) mass is 373 g/mol. The smallest absolute Gasteiger partial charge is 0.194 e. The van der Waals surface area contributed by atoms with E-state index in [0.717, 1.165) is 12.1 Å². The number of hydrogen-bond acceptors (Lipinski definition) is 6. The predicted octanol–water partition coefficient (Wildman–Crippen LogP) is 1.06. The molecule has 142 valence electrons. The van der Waals surface area contributed by atoms with E-state index in [4.69, 9.17) is 9.47 Å². The van der Waals surface area contributed by atoms with Crippen molar-refractivity contribution in [3.05, 3.63) is 35.8 Å². The Morgan fingerprint density at radius 3 is 2.62 bits per heavy atom. The maximum Gasteiger partial charge on any atom is 0.194 e. The van der Waals surface area contributed by atoms with E-state index in [1.165, 1.54) is 10.9 Å². The van der Waals surface area contributed by atoms with E-state index in [-0.39, 0.29) is 17.9 Å². The van der Waals surface area contributed by atoms with Gasteiger partial charge in [-0.25, -0.2) is 17.9 Å². The topological polar surface area (TPSA) is 89.6 Å². The number of hydrogen-bond donors (Lipinski definition) is 2. The average Bonchev–Trinajstić information content (AvgIpc) is 3.09. The van der Waals surface area contributed by atoms with Crippen molar-refractivity contribution in [1.82, 2.24) is 15.0 Å². The lowest BCUT2D eigenvalue weighted by Crippen LogP contribution is -2.52. The molecule has 0 radical (unpaired) electrons. The highest BCUT2D eigenvalue weighted by Gasteiger charge is 2.41. The van der Waals surface area contributed by atoms with Gasteiger partial charge in [0.1, 0.15) is 30.0 Å². The Labute approximate surface area is 147 Å². The molecule has 10 heteroatoms. The molecule has 0 saturated carbocycles. The second kappa shape index (κ2) is 7.70. The maximum absolute atomic E-state index is 13.4. The molecule has 0 aliphatic carbocycles. The summed E-state index contributed by atoms with van der Waals surface area (Å²) < 4.78 is 52.2. The number of aromatic nitrogens is 3. The third-order valence-electron chi connectivity index (χ3n) is 4.24. The summed E-state index contributed by atoms with van der Waals surface area (Å²) in [5.74, 6) is -4.25. The Hall–Kier alpha value is -2.01. The quantitative estimate of drug-likeness (QED) is 0.762. The van der Waals surface area contributed by atoms with Crippen LogP contribution in [0, 0.1) is 17.5 Å². The number of aliphatic hydroxyl groups excluding tert-OH is 2. The summed E-state index contributed by atoms with van der Waals surface area (Å²) in [6, 6.07) is 0.894. The van der Waals surface area contributed by atoms with E-state index in [1.54, 1.807) is 6.92 Å². The molecule has 3 rings (SSSR count). The first-order valence-electron chi connectivity index (χ1n) is 8.05. The van der Waals surface area contributed by atoms with Crippen molar-refractivity contribution in [2.75, 3.05) is 19.8 Å². The van der Waals surface area contributed by atoms with E-state index < -0.39 is 48.4 Å². The van der Waals surface area contributed by atoms with Gasteiger partial charge in [0.15, 0.2) is 17.5 Å². The fourth-order valence-corrected chi connectivity index (χ4v) is 2.96. The minimum Gasteiger partial charge on any atom is -0.394 e. The zero-order valence-corrected chi connectivity index (χ0v) is 13.8. The van der Waals surface area contributed by atoms with Crippen molar-refractivity contribution < 1.29 is 32.9 Å². The summed E-state index contributed by atoms with van der Waals surface area (Å²) in [5.41, 5.74) is 0.0955. The Morgan fingerprint density at radius 1 is 1.31 bits per heavy atom. The highest BCUT2D eigenvalue weighted by molar-refractivity contribution is 5.57. The SMILES string of the molecule is CCO[C@H]1CO[C@H](CO)[C@H](O)[C@@H]1n1cc(-c2cc(F)c(F)c(F)c2)nn1. The largest absolute Gasteiger partial charge is 0.394 e. The van der Waals surface area contributed by atoms with Gasteiger partial charge in [-0.05, 0) is 19.1 Å². The highest BCUT2D eigenvalue weighted by atomic mass is 19.2. The van der Waals surface area contributed by atoms with Crippen molar-refractivity contribution in [3.8, 4) is 11.3 Å². The van der Waals surface area contributed by atoms with Crippen molar-refractivity contribution in [2.24, 2.45) is 0 Å². The van der Waals surface area contributed by atoms with Crippen LogP contribution in [0.3, 0.4) is 0 Å². The van der Waals surface area contributed by atoms with E-state index in [1.807, 2.05) is 0 Å². The number of nitrogens with zero attached hydrogens (tertiary/aromatic N) is 3. The lowest BCUT2D eigenvalue weighted by Gasteiger charge is -2.39. The van der Waals surface area contributed by atoms with Crippen molar-refractivity contribution >= 4 is 0 Å². The van der Waals surface area contributed by atoms with Gasteiger partial charge < -0.3 is 19.7 Å². The fourth-order valence-electron chi connectivity index (χ4n) is 2.96. The zero-order chi connectivity index (χ0) is 18.8. The minimum atomic E-state index is -1.57. The molecule has 2 heterocycles. The van der Waals surface area contributed by atoms with Gasteiger partial charge in [-0.15, -0.1) is 5.10 Å². The number of aliphatic hydroxyl groups is 2. The summed E-state index contributed by atoms with van der Waals surface area (Å²) in [4.78, 5) is 0. The van der Waals surface area contributed by atoms with Gasteiger partial charge in [0.2, 0.25) is 0 Å². The van der Waals surface area contributed by atoms with Gasteiger partial charge in [0.05, 0.1) is 19.4 Å². The predicted molar refractivity (Wildman–Crippen MR) is 82.6 cm³/mol. The molecule has 4 atom stereocenters. The Morgan fingerprint density at radius 2 is 2.00 bits per heavy atom. The number of rotatable bonds is 5. The Balaban J connectivity index is 1.93. The maximum atomic E-state index is 13.4. The highest BCUT2D eigenvalue weighted by Crippen LogP contribution is 2.29. The molecule has 7 nitrogen and oxygen atoms in total. The zero-order valence-electron chi connectivity index (χ0n) is 13.8. The first kappa shape index (κ1) is 18.8. The van der Waals surface area contributed by atoms with Crippen LogP contribution in [-0.2, 0) is 9.47 Å². The van der Waals surface area contributed by atoms with Crippen LogP contribution in [0.1, 0.15) is 13.0 Å². The molecule has 0 amide bonds. The fraction of sp³-hybridized carbons (Fsp3) is 0.500. The first-order chi connectivity index (χ1) is 12.5. The normalized spacial score (nSPS) is 26.2. The molecule has 1 aliphatic rings. The molecular formula is C16H18F3N3O4. The van der Waals surface area contributed by atoms with Gasteiger partial charge in [0, 0.05) is 12.2 Å². The van der Waals surface area contributed by atoms with Gasteiger partial charge in [0.25, 0.3) is 0 Å². The third kappa shape index (κ3) is 3.45. The van der Waals surface area contributed by atoms with Crippen molar-refractivity contribution in [3.63, 3.8) is 0 Å². The summed E-state index contributed by atoms with van der Waals surface area (Å²) in [6.45, 7) is 1.86. The second-order valence-electron chi connectivity index (χ2n) is 5.87. The van der Waals surface area contributed by atoms with Crippen LogP contribution in [0.2, 0.25) is 0 Å². The molecule has 1 saturated heterocycles. The minimum absolute atomic E-state index is 0.000803. The molecular weight excluding hydrogens is 355 g/mol. The van der Waals surface area contributed by atoms with E-state index in [9.17, 15) is 23.4 Å². The van der Waals surface area contributed by atoms with Crippen LogP contribution < -0.4 is 0 Å². The molecule has 0 bridgehead atoms. The van der Waals surface area contributed by atoms with Crippen LogP contribution in [0.4, 0.5) is 13.2 Å². The summed E-state index contributed by atoms with van der Waals surface area (Å²) >= 11 is 0. The summed E-state index contributed by atoms with van der Waals surface area (Å²) in [5, 5.41) is 27.5. The molecule has 1 fully saturated rings. The number of halogens is 3. The third-order valence-corrected chi connectivity index (χ3v) is 4.24. The Kier molecular flexibility index (Phi) is 5.56. The molecule has 26 heavy (non-hydrogen) atoms. The van der Waals surface area contributed by atoms with Gasteiger partial charge in [-0.1, -0.05) is 5.21 Å². The molecule has 1 aromatic heterocycles. The molecule has 1 aromatic carbocycles. The van der Waals surface area contributed by atoms with Crippen LogP contribution in [-0.4, -0.2) is 63.3 Å². The van der Waals surface area contributed by atoms with Crippen LogP contribution >= 0.6 is 0 Å². The second-order valence-corrected chi connectivity index (χ2v) is 5.87. The summed E-state index contributed by atoms with van der Waals surface area (Å²) in [7, 11) is 0. The molecule has 2 aromatic rings. The van der Waals surface area contributed by atoms with Crippen LogP contribution in [0.5, 0.6) is 0 Å².